The minimum absolute atomic E-state index is 0.160. The molecule has 0 saturated heterocycles. The van der Waals surface area contributed by atoms with Crippen molar-refractivity contribution in [1.82, 2.24) is 5.32 Å². The van der Waals surface area contributed by atoms with Gasteiger partial charge in [-0.2, -0.15) is 0 Å². The molecule has 1 amide bonds. The summed E-state index contributed by atoms with van der Waals surface area (Å²) in [6.07, 6.45) is 14.1. The summed E-state index contributed by atoms with van der Waals surface area (Å²) in [4.78, 5) is 23.3. The van der Waals surface area contributed by atoms with Crippen LogP contribution in [-0.4, -0.2) is 45.7 Å². The maximum Gasteiger partial charge on any atom is 0.219 e. The van der Waals surface area contributed by atoms with Gasteiger partial charge in [0, 0.05) is 53.2 Å². The zero-order valence-electron chi connectivity index (χ0n) is 17.2. The first kappa shape index (κ1) is 25.1. The average molecular weight is 372 g/mol. The fraction of sp³-hybridized carbons (Fsp3) is 0.905. The third-order valence-electron chi connectivity index (χ3n) is 4.51. The van der Waals surface area contributed by atoms with Gasteiger partial charge in [0.2, 0.25) is 5.91 Å². The van der Waals surface area contributed by atoms with Crippen molar-refractivity contribution in [3.8, 4) is 0 Å². The van der Waals surface area contributed by atoms with Gasteiger partial charge >= 0.3 is 0 Å². The van der Waals surface area contributed by atoms with E-state index in [0.717, 1.165) is 58.0 Å². The molecule has 0 saturated carbocycles. The second-order valence-electron chi connectivity index (χ2n) is 7.01. The summed E-state index contributed by atoms with van der Waals surface area (Å²) in [5, 5.41) is 2.92. The van der Waals surface area contributed by atoms with Gasteiger partial charge in [-0.1, -0.05) is 38.5 Å². The molecule has 1 N–H and O–H groups in total. The summed E-state index contributed by atoms with van der Waals surface area (Å²) >= 11 is 0. The molecular formula is C21H41NO4. The minimum atomic E-state index is 0.160. The molecule has 0 spiro atoms. The smallest absolute Gasteiger partial charge is 0.219 e. The van der Waals surface area contributed by atoms with Crippen LogP contribution in [0.5, 0.6) is 0 Å². The highest BCUT2D eigenvalue weighted by atomic mass is 16.5. The predicted molar refractivity (Wildman–Crippen MR) is 106 cm³/mol. The molecule has 0 heterocycles. The van der Waals surface area contributed by atoms with E-state index in [-0.39, 0.29) is 5.91 Å². The molecule has 154 valence electrons. The number of methoxy groups -OCH3 is 2. The molecule has 0 aromatic rings. The van der Waals surface area contributed by atoms with E-state index in [1.54, 1.807) is 14.2 Å². The van der Waals surface area contributed by atoms with Gasteiger partial charge in [-0.15, -0.1) is 0 Å². The van der Waals surface area contributed by atoms with Crippen molar-refractivity contribution in [2.24, 2.45) is 0 Å². The summed E-state index contributed by atoms with van der Waals surface area (Å²) in [6, 6.07) is 0. The lowest BCUT2D eigenvalue weighted by molar-refractivity contribution is -0.121. The first-order chi connectivity index (χ1) is 12.7. The molecule has 0 aromatic carbocycles. The third kappa shape index (κ3) is 19.4. The monoisotopic (exact) mass is 371 g/mol. The van der Waals surface area contributed by atoms with Crippen LogP contribution >= 0.6 is 0 Å². The number of carbonyl (C=O) groups is 2. The van der Waals surface area contributed by atoms with Crippen molar-refractivity contribution in [1.29, 1.82) is 0 Å². The van der Waals surface area contributed by atoms with Crippen LogP contribution < -0.4 is 5.32 Å². The summed E-state index contributed by atoms with van der Waals surface area (Å²) in [5.41, 5.74) is 0. The normalized spacial score (nSPS) is 10.8. The highest BCUT2D eigenvalue weighted by Gasteiger charge is 2.02. The summed E-state index contributed by atoms with van der Waals surface area (Å²) in [5.74, 6) is 0.564. The number of hydrogen-bond acceptors (Lipinski definition) is 4. The van der Waals surface area contributed by atoms with Crippen LogP contribution in [0.4, 0.5) is 0 Å². The Kier molecular flexibility index (Phi) is 19.6. The Morgan fingerprint density at radius 2 is 1.08 bits per heavy atom. The molecule has 0 fully saturated rings. The summed E-state index contributed by atoms with van der Waals surface area (Å²) in [6.45, 7) is 2.16. The van der Waals surface area contributed by atoms with Crippen LogP contribution in [0.15, 0.2) is 0 Å². The molecule has 5 nitrogen and oxygen atoms in total. The number of ether oxygens (including phenoxy) is 2. The Hall–Kier alpha value is -0.940. The molecule has 0 unspecified atom stereocenters. The van der Waals surface area contributed by atoms with Crippen molar-refractivity contribution < 1.29 is 19.1 Å². The predicted octanol–water partition coefficient (Wildman–Crippen LogP) is 4.43. The van der Waals surface area contributed by atoms with Crippen molar-refractivity contribution in [2.75, 3.05) is 34.0 Å². The number of hydrogen-bond donors (Lipinski definition) is 1. The van der Waals surface area contributed by atoms with Gasteiger partial charge in [0.1, 0.15) is 5.78 Å². The molecule has 0 aliphatic heterocycles. The van der Waals surface area contributed by atoms with Gasteiger partial charge in [-0.05, 0) is 32.1 Å². The summed E-state index contributed by atoms with van der Waals surface area (Å²) in [7, 11) is 3.37. The fourth-order valence-electron chi connectivity index (χ4n) is 2.89. The number of rotatable bonds is 20. The molecule has 0 aliphatic rings. The summed E-state index contributed by atoms with van der Waals surface area (Å²) < 4.78 is 9.93. The average Bonchev–Trinajstić information content (AvgIpc) is 2.64. The zero-order valence-corrected chi connectivity index (χ0v) is 17.2. The minimum Gasteiger partial charge on any atom is -0.385 e. The lowest BCUT2D eigenvalue weighted by atomic mass is 10.0. The van der Waals surface area contributed by atoms with Crippen LogP contribution in [0.2, 0.25) is 0 Å². The molecular weight excluding hydrogens is 330 g/mol. The first-order valence-electron chi connectivity index (χ1n) is 10.5. The van der Waals surface area contributed by atoms with E-state index in [9.17, 15) is 9.59 Å². The van der Waals surface area contributed by atoms with Crippen LogP contribution in [0.3, 0.4) is 0 Å². The molecule has 0 aliphatic carbocycles. The second-order valence-corrected chi connectivity index (χ2v) is 7.01. The number of carbonyl (C=O) groups excluding carboxylic acids is 2. The van der Waals surface area contributed by atoms with E-state index < -0.39 is 0 Å². The van der Waals surface area contributed by atoms with Crippen molar-refractivity contribution in [3.63, 3.8) is 0 Å². The molecule has 5 heteroatoms. The number of amides is 1. The van der Waals surface area contributed by atoms with E-state index >= 15 is 0 Å². The third-order valence-corrected chi connectivity index (χ3v) is 4.51. The van der Waals surface area contributed by atoms with Gasteiger partial charge in [-0.3, -0.25) is 9.59 Å². The lowest BCUT2D eigenvalue weighted by Gasteiger charge is -2.05. The Morgan fingerprint density at radius 1 is 0.615 bits per heavy atom. The molecule has 0 radical (unpaired) electrons. The van der Waals surface area contributed by atoms with Crippen molar-refractivity contribution >= 4 is 11.7 Å². The topological polar surface area (TPSA) is 64.6 Å². The van der Waals surface area contributed by atoms with E-state index in [1.807, 2.05) is 0 Å². The van der Waals surface area contributed by atoms with Crippen molar-refractivity contribution in [3.05, 3.63) is 0 Å². The zero-order chi connectivity index (χ0) is 19.3. The highest BCUT2D eigenvalue weighted by Crippen LogP contribution is 2.11. The molecule has 0 atom stereocenters. The Morgan fingerprint density at radius 3 is 1.65 bits per heavy atom. The molecule has 0 aromatic heterocycles. The molecule has 0 bridgehead atoms. The van der Waals surface area contributed by atoms with Gasteiger partial charge in [0.05, 0.1) is 0 Å². The Labute approximate surface area is 160 Å². The number of nitrogens with one attached hydrogen (secondary N) is 1. The van der Waals surface area contributed by atoms with E-state index in [4.69, 9.17) is 9.47 Å². The van der Waals surface area contributed by atoms with Gasteiger partial charge in [0.25, 0.3) is 0 Å². The largest absolute Gasteiger partial charge is 0.385 e. The molecule has 0 rings (SSSR count). The number of ketones is 1. The number of Topliss-reactive ketones (excluding diaryl/α,β-unsaturated/α-hetero) is 1. The number of unbranched alkanes of at least 4 members (excludes halogenated alkanes) is 8. The van der Waals surface area contributed by atoms with Gasteiger partial charge in [0.15, 0.2) is 0 Å². The van der Waals surface area contributed by atoms with Gasteiger partial charge in [-0.25, -0.2) is 0 Å². The fourth-order valence-corrected chi connectivity index (χ4v) is 2.89. The standard InChI is InChI=1S/C21H41NO4/c1-25-18-12-11-15-20(23)14-9-7-5-3-4-6-8-10-16-21(24)22-17-13-19-26-2/h3-19H2,1-2H3,(H,22,24). The van der Waals surface area contributed by atoms with E-state index in [2.05, 4.69) is 5.32 Å². The second kappa shape index (κ2) is 20.4. The first-order valence-corrected chi connectivity index (χ1v) is 10.5. The van der Waals surface area contributed by atoms with Crippen LogP contribution in [-0.2, 0) is 19.1 Å². The van der Waals surface area contributed by atoms with Crippen molar-refractivity contribution in [2.45, 2.75) is 89.9 Å². The highest BCUT2D eigenvalue weighted by molar-refractivity contribution is 5.78. The molecule has 26 heavy (non-hydrogen) atoms. The van der Waals surface area contributed by atoms with Crippen LogP contribution in [0, 0.1) is 0 Å². The van der Waals surface area contributed by atoms with E-state index in [0.29, 0.717) is 31.8 Å². The Bertz CT molecular complexity index is 302. The maximum atomic E-state index is 11.7. The van der Waals surface area contributed by atoms with Crippen LogP contribution in [0.25, 0.3) is 0 Å². The Balaban J connectivity index is 3.21. The SMILES string of the molecule is COCCCCC(=O)CCCCCCCCCCC(=O)NCCCOC. The van der Waals surface area contributed by atoms with E-state index in [1.165, 1.54) is 25.7 Å². The van der Waals surface area contributed by atoms with Gasteiger partial charge < -0.3 is 14.8 Å². The quantitative estimate of drug-likeness (QED) is 0.322. The lowest BCUT2D eigenvalue weighted by Crippen LogP contribution is -2.24. The van der Waals surface area contributed by atoms with Crippen LogP contribution in [0.1, 0.15) is 89.9 Å². The maximum absolute atomic E-state index is 11.7.